The Hall–Kier alpha value is 0.244. The van der Waals surface area contributed by atoms with E-state index in [2.05, 4.69) is 0 Å². The maximum Gasteiger partial charge on any atom is 0.305 e. The quantitative estimate of drug-likeness (QED) is 0.578. The molecule has 0 aromatic carbocycles. The minimum Gasteiger partial charge on any atom is -0.542 e. The van der Waals surface area contributed by atoms with Crippen molar-refractivity contribution in [2.45, 2.75) is 53.9 Å². The maximum absolute atomic E-state index is 10.3. The fraction of sp³-hybridized carbons (Fsp3) is 0.750. The summed E-state index contributed by atoms with van der Waals surface area (Å²) < 4.78 is 4.70. The molecule has 1 radical (unpaired) electrons. The number of hydrogen-bond donors (Lipinski definition) is 0. The average Bonchev–Trinajstić information content (AvgIpc) is 2.16. The second-order valence-electron chi connectivity index (χ2n) is 2.47. The van der Waals surface area contributed by atoms with Gasteiger partial charge >= 0.3 is 5.97 Å². The van der Waals surface area contributed by atoms with Gasteiger partial charge in [0.2, 0.25) is 0 Å². The normalized spacial score (nSPS) is 6.69. The van der Waals surface area contributed by atoms with Crippen LogP contribution in [0.1, 0.15) is 53.9 Å². The van der Waals surface area contributed by atoms with Crippen molar-refractivity contribution in [2.24, 2.45) is 0 Å². The zero-order chi connectivity index (χ0) is 10.5. The van der Waals surface area contributed by atoms with Crippen LogP contribution in [0.15, 0.2) is 0 Å². The van der Waals surface area contributed by atoms with Gasteiger partial charge in [0, 0.05) is 39.1 Å². The van der Waals surface area contributed by atoms with Crippen LogP contribution in [0.25, 0.3) is 0 Å². The first kappa shape index (κ1) is 29.9. The monoisotopic (exact) mass is 307 g/mol. The van der Waals surface area contributed by atoms with Crippen LogP contribution in [0.4, 0.5) is 0 Å². The second kappa shape index (κ2) is 29.5. The van der Waals surface area contributed by atoms with E-state index >= 15 is 0 Å². The molecule has 0 N–H and O–H groups in total. The van der Waals surface area contributed by atoms with E-state index in [9.17, 15) is 9.59 Å². The third kappa shape index (κ3) is 36.8. The Labute approximate surface area is 127 Å². The molecule has 0 spiro atoms. The average molecular weight is 307 g/mol. The molecule has 0 saturated heterocycles. The Kier molecular flexibility index (Phi) is 55.0. The van der Waals surface area contributed by atoms with Gasteiger partial charge in [-0.05, 0) is 6.42 Å². The van der Waals surface area contributed by atoms with Crippen molar-refractivity contribution in [3.05, 3.63) is 7.43 Å². The first-order valence-corrected chi connectivity index (χ1v) is 4.73. The Balaban J connectivity index is -0.0000000454. The zero-order valence-electron chi connectivity index (χ0n) is 10.3. The van der Waals surface area contributed by atoms with Gasteiger partial charge in [-0.25, -0.2) is 0 Å². The van der Waals surface area contributed by atoms with Gasteiger partial charge in [0.1, 0.15) is 0 Å². The van der Waals surface area contributed by atoms with Crippen molar-refractivity contribution >= 4 is 12.3 Å². The van der Waals surface area contributed by atoms with Gasteiger partial charge in [-0.2, -0.15) is 6.42 Å². The fourth-order valence-electron chi connectivity index (χ4n) is 0.420. The van der Waals surface area contributed by atoms with Gasteiger partial charge in [-0.15, -0.1) is 0 Å². The van der Waals surface area contributed by atoms with Gasteiger partial charge in [-0.1, -0.05) is 34.6 Å². The van der Waals surface area contributed by atoms with Crippen LogP contribution >= 0.6 is 0 Å². The fourth-order valence-corrected chi connectivity index (χ4v) is 0.420. The summed E-state index contributed by atoms with van der Waals surface area (Å²) in [6.45, 7) is 6.28. The molecule has 0 bridgehead atoms. The van der Waals surface area contributed by atoms with Crippen molar-refractivity contribution < 1.29 is 47.0 Å². The topological polar surface area (TPSA) is 43.4 Å². The van der Waals surface area contributed by atoms with E-state index in [1.807, 2.05) is 13.8 Å². The molecule has 3 nitrogen and oxygen atoms in total. The predicted molar refractivity (Wildman–Crippen MR) is 65.3 cm³/mol. The third-order valence-corrected chi connectivity index (χ3v) is 1.11. The molecule has 0 saturated carbocycles. The van der Waals surface area contributed by atoms with Crippen LogP contribution in [0, 0.1) is 7.43 Å². The van der Waals surface area contributed by atoms with Crippen LogP contribution in [0.3, 0.4) is 0 Å². The Morgan fingerprint density at radius 3 is 1.88 bits per heavy atom. The van der Waals surface area contributed by atoms with Gasteiger partial charge in [0.25, 0.3) is 0 Å². The summed E-state index contributed by atoms with van der Waals surface area (Å²) in [6.07, 6.45) is 4.67. The van der Waals surface area contributed by atoms with Crippen LogP contribution in [0.5, 0.6) is 0 Å². The van der Waals surface area contributed by atoms with Crippen molar-refractivity contribution in [2.75, 3.05) is 6.61 Å². The molecule has 0 heterocycles. The summed E-state index contributed by atoms with van der Waals surface area (Å²) in [5.74, 6) is -0.105. The maximum atomic E-state index is 10.3. The minimum atomic E-state index is -0.105. The van der Waals surface area contributed by atoms with Gasteiger partial charge in [-0.3, -0.25) is 11.1 Å². The number of ether oxygens (including phenoxy) is 1. The summed E-state index contributed by atoms with van der Waals surface area (Å²) >= 11 is 0. The number of carbonyl (C=O) groups excluding carboxylic acids is 2. The number of esters is 1. The molecule has 0 aliphatic carbocycles. The van der Waals surface area contributed by atoms with E-state index in [4.69, 9.17) is 4.74 Å². The van der Waals surface area contributed by atoms with Gasteiger partial charge in [0.15, 0.2) is 0 Å². The van der Waals surface area contributed by atoms with Crippen molar-refractivity contribution in [3.63, 3.8) is 0 Å². The van der Waals surface area contributed by atoms with E-state index in [1.54, 1.807) is 13.2 Å². The number of unbranched alkanes of at least 4 members (excludes halogenated alkanes) is 1. The predicted octanol–water partition coefficient (Wildman–Crippen LogP) is 3.33. The molecule has 97 valence electrons. The molecule has 0 aliphatic rings. The van der Waals surface area contributed by atoms with Crippen LogP contribution in [-0.2, 0) is 47.0 Å². The first-order chi connectivity index (χ1) is 6.22. The Morgan fingerprint density at radius 2 is 1.69 bits per heavy atom. The summed E-state index contributed by atoms with van der Waals surface area (Å²) in [5.41, 5.74) is 0. The summed E-state index contributed by atoms with van der Waals surface area (Å²) in [5, 5.41) is 0. The molecule has 0 amide bonds. The molecule has 0 aromatic rings. The van der Waals surface area contributed by atoms with Gasteiger partial charge in [0.05, 0.1) is 6.61 Å². The van der Waals surface area contributed by atoms with Crippen LogP contribution < -0.4 is 0 Å². The third-order valence-electron chi connectivity index (χ3n) is 1.11. The molecule has 0 rings (SSSR count). The largest absolute Gasteiger partial charge is 0.542 e. The Bertz CT molecular complexity index is 127. The van der Waals surface area contributed by atoms with E-state index in [1.165, 1.54) is 0 Å². The number of carbonyl (C=O) groups is 1. The van der Waals surface area contributed by atoms with Crippen molar-refractivity contribution in [1.29, 1.82) is 0 Å². The summed E-state index contributed by atoms with van der Waals surface area (Å²) in [4.78, 5) is 19.6. The van der Waals surface area contributed by atoms with Crippen molar-refractivity contribution in [3.8, 4) is 0 Å². The van der Waals surface area contributed by atoms with Gasteiger partial charge < -0.3 is 17.0 Å². The standard InChI is InChI=1S/C6H12O2.C4H7O.CH4.CH3.Y/c1-3-5-8-6(7)4-2;1-2-3-4-5;;;/h3-5H2,1-2H3;2-3H2,1H3;1H4;1H3;/q;-1;;-1;. The smallest absolute Gasteiger partial charge is 0.305 e. The van der Waals surface area contributed by atoms with E-state index < -0.39 is 0 Å². The zero-order valence-corrected chi connectivity index (χ0v) is 13.2. The van der Waals surface area contributed by atoms with E-state index in [0.29, 0.717) is 19.4 Å². The second-order valence-corrected chi connectivity index (χ2v) is 2.47. The van der Waals surface area contributed by atoms with Crippen LogP contribution in [0.2, 0.25) is 0 Å². The molecule has 16 heavy (non-hydrogen) atoms. The molecule has 0 unspecified atom stereocenters. The number of rotatable bonds is 5. The molecule has 0 aromatic heterocycles. The molecule has 4 heteroatoms. The number of hydrogen-bond acceptors (Lipinski definition) is 3. The van der Waals surface area contributed by atoms with Crippen molar-refractivity contribution in [1.82, 2.24) is 0 Å². The van der Waals surface area contributed by atoms with Crippen LogP contribution in [-0.4, -0.2) is 18.9 Å². The van der Waals surface area contributed by atoms with E-state index in [-0.39, 0.29) is 53.5 Å². The molecule has 0 atom stereocenters. The molecular weight excluding hydrogens is 281 g/mol. The molecular formula is C12H26O3Y-2. The molecule has 0 fully saturated rings. The minimum absolute atomic E-state index is 0. The first-order valence-electron chi connectivity index (χ1n) is 4.73. The SMILES string of the molecule is C.CCCOC(=O)CC.CCC[C-]=O.[CH3-].[Y]. The summed E-state index contributed by atoms with van der Waals surface area (Å²) in [7, 11) is 0. The molecule has 0 aliphatic heterocycles. The Morgan fingerprint density at radius 1 is 1.19 bits per heavy atom. The summed E-state index contributed by atoms with van der Waals surface area (Å²) in [6, 6.07) is 0. The van der Waals surface area contributed by atoms with E-state index in [0.717, 1.165) is 12.8 Å².